The van der Waals surface area contributed by atoms with Crippen LogP contribution in [0.1, 0.15) is 105 Å². The SMILES string of the molecule is CC(C)[Si](Oc1ccc2c(c1)CC[C@@H]1[C@@H]2CC[C@]2(C)[C@@H]([C@H](C)CBr)CC[C@@H]12)(C(C)C)C(C)C. The largest absolute Gasteiger partial charge is 0.543 e. The normalized spacial score (nSPS) is 32.6. The summed E-state index contributed by atoms with van der Waals surface area (Å²) in [6.07, 6.45) is 8.35. The van der Waals surface area contributed by atoms with Gasteiger partial charge in [0, 0.05) is 5.33 Å². The van der Waals surface area contributed by atoms with Gasteiger partial charge >= 0.3 is 0 Å². The van der Waals surface area contributed by atoms with Crippen LogP contribution in [0.5, 0.6) is 5.75 Å². The molecule has 0 heterocycles. The first kappa shape index (κ1) is 25.8. The van der Waals surface area contributed by atoms with Crippen LogP contribution < -0.4 is 4.43 Å². The van der Waals surface area contributed by atoms with Gasteiger partial charge in [-0.15, -0.1) is 0 Å². The van der Waals surface area contributed by atoms with Crippen molar-refractivity contribution < 1.29 is 4.43 Å². The van der Waals surface area contributed by atoms with E-state index in [9.17, 15) is 0 Å². The summed E-state index contributed by atoms with van der Waals surface area (Å²) >= 11 is 3.80. The summed E-state index contributed by atoms with van der Waals surface area (Å²) in [6.45, 7) is 19.5. The molecule has 3 heteroatoms. The van der Waals surface area contributed by atoms with Gasteiger partial charge in [0.2, 0.25) is 0 Å². The number of hydrogen-bond donors (Lipinski definition) is 0. The predicted octanol–water partition coefficient (Wildman–Crippen LogP) is 9.74. The Morgan fingerprint density at radius 3 is 2.24 bits per heavy atom. The van der Waals surface area contributed by atoms with Crippen molar-refractivity contribution in [3.63, 3.8) is 0 Å². The van der Waals surface area contributed by atoms with E-state index in [1.165, 1.54) is 38.5 Å². The Morgan fingerprint density at radius 1 is 0.970 bits per heavy atom. The van der Waals surface area contributed by atoms with Gasteiger partial charge in [0.15, 0.2) is 0 Å². The average molecular weight is 534 g/mol. The van der Waals surface area contributed by atoms with E-state index < -0.39 is 8.32 Å². The topological polar surface area (TPSA) is 9.23 Å². The number of hydrogen-bond acceptors (Lipinski definition) is 1. The molecule has 1 nitrogen and oxygen atoms in total. The molecule has 186 valence electrons. The Kier molecular flexibility index (Phi) is 7.54. The van der Waals surface area contributed by atoms with E-state index in [1.807, 2.05) is 0 Å². The van der Waals surface area contributed by atoms with E-state index in [-0.39, 0.29) is 0 Å². The quantitative estimate of drug-likeness (QED) is 0.250. The van der Waals surface area contributed by atoms with Crippen LogP contribution in [0, 0.1) is 29.1 Å². The summed E-state index contributed by atoms with van der Waals surface area (Å²) in [5, 5.41) is 1.16. The zero-order valence-corrected chi connectivity index (χ0v) is 25.2. The molecule has 0 saturated heterocycles. The molecular weight excluding hydrogens is 484 g/mol. The predicted molar refractivity (Wildman–Crippen MR) is 149 cm³/mol. The van der Waals surface area contributed by atoms with E-state index >= 15 is 0 Å². The lowest BCUT2D eigenvalue weighted by molar-refractivity contribution is 0.0149. The molecule has 0 unspecified atom stereocenters. The number of alkyl halides is 1. The van der Waals surface area contributed by atoms with Crippen molar-refractivity contribution in [1.29, 1.82) is 0 Å². The highest BCUT2D eigenvalue weighted by Gasteiger charge is 2.55. The van der Waals surface area contributed by atoms with Crippen LogP contribution in [-0.2, 0) is 6.42 Å². The van der Waals surface area contributed by atoms with Gasteiger partial charge in [-0.2, -0.15) is 0 Å². The fraction of sp³-hybridized carbons (Fsp3) is 0.800. The molecule has 3 aliphatic rings. The van der Waals surface area contributed by atoms with Gasteiger partial charge in [0.1, 0.15) is 5.75 Å². The summed E-state index contributed by atoms with van der Waals surface area (Å²) in [5.74, 6) is 5.46. The Labute approximate surface area is 214 Å². The van der Waals surface area contributed by atoms with Crippen LogP contribution in [0.15, 0.2) is 18.2 Å². The van der Waals surface area contributed by atoms with Crippen LogP contribution >= 0.6 is 15.9 Å². The van der Waals surface area contributed by atoms with Crippen molar-refractivity contribution in [1.82, 2.24) is 0 Å². The lowest BCUT2D eigenvalue weighted by atomic mass is 9.53. The fourth-order valence-corrected chi connectivity index (χ4v) is 15.0. The first-order valence-corrected chi connectivity index (χ1v) is 17.2. The molecule has 1 aromatic rings. The van der Waals surface area contributed by atoms with Gasteiger partial charge in [-0.3, -0.25) is 0 Å². The smallest absolute Gasteiger partial charge is 0.258 e. The van der Waals surface area contributed by atoms with Crippen LogP contribution in [0.3, 0.4) is 0 Å². The highest BCUT2D eigenvalue weighted by molar-refractivity contribution is 9.09. The van der Waals surface area contributed by atoms with Crippen molar-refractivity contribution in [2.75, 3.05) is 5.33 Å². The van der Waals surface area contributed by atoms with E-state index in [0.29, 0.717) is 22.0 Å². The van der Waals surface area contributed by atoms with E-state index in [0.717, 1.165) is 40.7 Å². The first-order chi connectivity index (χ1) is 15.6. The number of halogens is 1. The third kappa shape index (κ3) is 4.19. The van der Waals surface area contributed by atoms with E-state index in [1.54, 1.807) is 11.1 Å². The Bertz CT molecular complexity index is 811. The lowest BCUT2D eigenvalue weighted by Gasteiger charge is -2.52. The van der Waals surface area contributed by atoms with E-state index in [2.05, 4.69) is 89.5 Å². The Morgan fingerprint density at radius 2 is 1.64 bits per heavy atom. The molecule has 0 spiro atoms. The molecule has 2 fully saturated rings. The summed E-state index contributed by atoms with van der Waals surface area (Å²) in [4.78, 5) is 0. The zero-order chi connectivity index (χ0) is 24.1. The minimum Gasteiger partial charge on any atom is -0.543 e. The minimum atomic E-state index is -1.90. The van der Waals surface area contributed by atoms with Gasteiger partial charge in [0.05, 0.1) is 0 Å². The molecule has 0 N–H and O–H groups in total. The minimum absolute atomic E-state index is 0.561. The van der Waals surface area contributed by atoms with Gasteiger partial charge in [-0.05, 0) is 113 Å². The lowest BCUT2D eigenvalue weighted by Crippen LogP contribution is -2.50. The second-order valence-corrected chi connectivity index (χ2v) is 19.1. The van der Waals surface area contributed by atoms with Crippen molar-refractivity contribution >= 4 is 24.2 Å². The standard InChI is InChI=1S/C30H49BrOSi/c1-19(2)33(20(3)4,21(5)6)32-24-10-12-25-23(17-24)9-11-27-26(25)15-16-30(8)28(22(7)18-31)13-14-29(27)30/h10,12,17,19-22,26-29H,9,11,13-16,18H2,1-8H3/t22-,26-,27-,28-,29+,30-/m1/s1. The molecule has 0 aromatic heterocycles. The molecule has 0 bridgehead atoms. The number of benzene rings is 1. The maximum absolute atomic E-state index is 7.06. The molecule has 1 aromatic carbocycles. The average Bonchev–Trinajstić information content (AvgIpc) is 3.13. The molecule has 0 amide bonds. The van der Waals surface area contributed by atoms with Gasteiger partial charge < -0.3 is 4.43 Å². The van der Waals surface area contributed by atoms with E-state index in [4.69, 9.17) is 4.43 Å². The first-order valence-electron chi connectivity index (χ1n) is 13.9. The molecule has 3 aliphatic carbocycles. The molecule has 2 saturated carbocycles. The van der Waals surface area contributed by atoms with Gasteiger partial charge in [-0.25, -0.2) is 0 Å². The molecule has 0 radical (unpaired) electrons. The van der Waals surface area contributed by atoms with Crippen LogP contribution in [0.25, 0.3) is 0 Å². The summed E-state index contributed by atoms with van der Waals surface area (Å²) in [5.41, 5.74) is 5.68. The Balaban J connectivity index is 1.58. The van der Waals surface area contributed by atoms with Crippen LogP contribution in [0.2, 0.25) is 16.6 Å². The third-order valence-corrected chi connectivity index (χ3v) is 17.7. The summed E-state index contributed by atoms with van der Waals surface area (Å²) < 4.78 is 7.06. The highest BCUT2D eigenvalue weighted by Crippen LogP contribution is 2.64. The number of fused-ring (bicyclic) bond motifs is 5. The van der Waals surface area contributed by atoms with Gasteiger partial charge in [-0.1, -0.05) is 77.4 Å². The highest BCUT2D eigenvalue weighted by atomic mass is 79.9. The summed E-state index contributed by atoms with van der Waals surface area (Å²) in [7, 11) is -1.90. The fourth-order valence-electron chi connectivity index (χ4n) is 9.26. The molecule has 4 rings (SSSR count). The molecular formula is C30H49BrOSi. The second kappa shape index (κ2) is 9.64. The van der Waals surface area contributed by atoms with Crippen molar-refractivity contribution in [3.8, 4) is 5.75 Å². The van der Waals surface area contributed by atoms with Crippen molar-refractivity contribution in [3.05, 3.63) is 29.3 Å². The molecule has 33 heavy (non-hydrogen) atoms. The second-order valence-electron chi connectivity index (χ2n) is 13.1. The van der Waals surface area contributed by atoms with Crippen molar-refractivity contribution in [2.24, 2.45) is 29.1 Å². The molecule has 6 atom stereocenters. The number of rotatable bonds is 7. The maximum Gasteiger partial charge on any atom is 0.258 e. The maximum atomic E-state index is 7.06. The monoisotopic (exact) mass is 532 g/mol. The van der Waals surface area contributed by atoms with Crippen LogP contribution in [-0.4, -0.2) is 13.6 Å². The molecule has 0 aliphatic heterocycles. The van der Waals surface area contributed by atoms with Gasteiger partial charge in [0.25, 0.3) is 8.32 Å². The van der Waals surface area contributed by atoms with Crippen LogP contribution in [0.4, 0.5) is 0 Å². The third-order valence-electron chi connectivity index (χ3n) is 10.7. The summed E-state index contributed by atoms with van der Waals surface area (Å²) in [6, 6.07) is 7.28. The van der Waals surface area contributed by atoms with Crippen molar-refractivity contribution in [2.45, 2.75) is 116 Å². The zero-order valence-electron chi connectivity index (χ0n) is 22.6. The Hall–Kier alpha value is -0.283. The number of aryl methyl sites for hydroxylation is 1.